The van der Waals surface area contributed by atoms with E-state index in [4.69, 9.17) is 15.6 Å². The number of nitrogen functional groups attached to an aromatic ring is 1. The van der Waals surface area contributed by atoms with Gasteiger partial charge >= 0.3 is 5.97 Å². The van der Waals surface area contributed by atoms with Gasteiger partial charge in [0.05, 0.1) is 12.3 Å². The van der Waals surface area contributed by atoms with E-state index in [2.05, 4.69) is 0 Å². The average Bonchev–Trinajstić information content (AvgIpc) is 2.35. The second kappa shape index (κ2) is 7.25. The summed E-state index contributed by atoms with van der Waals surface area (Å²) in [7, 11) is 1.46. The standard InChI is InChI=1S/C13H18N2O4/c1-15(9-13(17)18)12(16)7-4-8-19-11-6-3-2-5-10(11)14/h2-3,5-6H,4,7-9,14H2,1H3,(H,17,18). The van der Waals surface area contributed by atoms with E-state index in [-0.39, 0.29) is 18.9 Å². The molecule has 0 aliphatic carbocycles. The lowest BCUT2D eigenvalue weighted by molar-refractivity contribution is -0.143. The lowest BCUT2D eigenvalue weighted by atomic mass is 10.3. The Bertz CT molecular complexity index is 448. The number of hydrogen-bond donors (Lipinski definition) is 2. The molecule has 0 heterocycles. The number of carbonyl (C=O) groups excluding carboxylic acids is 1. The maximum atomic E-state index is 11.5. The molecule has 0 aromatic heterocycles. The van der Waals surface area contributed by atoms with Gasteiger partial charge in [0.15, 0.2) is 0 Å². The molecule has 0 spiro atoms. The number of rotatable bonds is 7. The first-order valence-electron chi connectivity index (χ1n) is 5.93. The molecule has 0 aliphatic rings. The van der Waals surface area contributed by atoms with E-state index in [1.165, 1.54) is 11.9 Å². The van der Waals surface area contributed by atoms with Crippen molar-refractivity contribution in [2.45, 2.75) is 12.8 Å². The molecule has 0 fully saturated rings. The maximum absolute atomic E-state index is 11.5. The first-order valence-corrected chi connectivity index (χ1v) is 5.93. The fraction of sp³-hybridized carbons (Fsp3) is 0.385. The zero-order chi connectivity index (χ0) is 14.3. The van der Waals surface area contributed by atoms with Crippen LogP contribution in [0.15, 0.2) is 24.3 Å². The van der Waals surface area contributed by atoms with Gasteiger partial charge in [-0.15, -0.1) is 0 Å². The van der Waals surface area contributed by atoms with Crippen molar-refractivity contribution in [2.24, 2.45) is 0 Å². The Hall–Kier alpha value is -2.24. The van der Waals surface area contributed by atoms with Gasteiger partial charge in [-0.05, 0) is 18.6 Å². The van der Waals surface area contributed by atoms with Crippen molar-refractivity contribution in [1.82, 2.24) is 4.90 Å². The summed E-state index contributed by atoms with van der Waals surface area (Å²) in [6.07, 6.45) is 0.758. The third-order valence-corrected chi connectivity index (χ3v) is 2.51. The Morgan fingerprint density at radius 3 is 2.68 bits per heavy atom. The van der Waals surface area contributed by atoms with Crippen molar-refractivity contribution in [3.63, 3.8) is 0 Å². The molecule has 0 atom stereocenters. The van der Waals surface area contributed by atoms with Crippen molar-refractivity contribution >= 4 is 17.6 Å². The highest BCUT2D eigenvalue weighted by molar-refractivity contribution is 5.80. The topological polar surface area (TPSA) is 92.9 Å². The second-order valence-electron chi connectivity index (χ2n) is 4.13. The molecule has 104 valence electrons. The van der Waals surface area contributed by atoms with Crippen LogP contribution in [0.25, 0.3) is 0 Å². The number of carboxylic acids is 1. The van der Waals surface area contributed by atoms with Crippen LogP contribution in [0.4, 0.5) is 5.69 Å². The van der Waals surface area contributed by atoms with E-state index >= 15 is 0 Å². The Morgan fingerprint density at radius 1 is 1.37 bits per heavy atom. The fourth-order valence-corrected chi connectivity index (χ4v) is 1.50. The molecule has 1 amide bonds. The molecular weight excluding hydrogens is 248 g/mol. The largest absolute Gasteiger partial charge is 0.491 e. The third-order valence-electron chi connectivity index (χ3n) is 2.51. The maximum Gasteiger partial charge on any atom is 0.323 e. The average molecular weight is 266 g/mol. The van der Waals surface area contributed by atoms with Gasteiger partial charge in [0.25, 0.3) is 0 Å². The van der Waals surface area contributed by atoms with Gasteiger partial charge in [0.2, 0.25) is 5.91 Å². The van der Waals surface area contributed by atoms with Crippen LogP contribution in [-0.4, -0.2) is 42.1 Å². The molecule has 1 aromatic carbocycles. The predicted molar refractivity (Wildman–Crippen MR) is 70.9 cm³/mol. The van der Waals surface area contributed by atoms with Crippen LogP contribution < -0.4 is 10.5 Å². The predicted octanol–water partition coefficient (Wildman–Crippen LogP) is 0.971. The van der Waals surface area contributed by atoms with E-state index in [1.807, 2.05) is 12.1 Å². The van der Waals surface area contributed by atoms with Gasteiger partial charge < -0.3 is 20.5 Å². The van der Waals surface area contributed by atoms with Crippen molar-refractivity contribution in [3.05, 3.63) is 24.3 Å². The highest BCUT2D eigenvalue weighted by Crippen LogP contribution is 2.19. The molecule has 0 radical (unpaired) electrons. The molecule has 1 aromatic rings. The van der Waals surface area contributed by atoms with E-state index in [1.54, 1.807) is 12.1 Å². The minimum atomic E-state index is -1.02. The zero-order valence-electron chi connectivity index (χ0n) is 10.8. The number of anilines is 1. The molecule has 3 N–H and O–H groups in total. The summed E-state index contributed by atoms with van der Waals surface area (Å²) < 4.78 is 5.44. The van der Waals surface area contributed by atoms with Gasteiger partial charge in [-0.2, -0.15) is 0 Å². The highest BCUT2D eigenvalue weighted by Gasteiger charge is 2.11. The van der Waals surface area contributed by atoms with Crippen LogP contribution in [0, 0.1) is 0 Å². The van der Waals surface area contributed by atoms with Crippen molar-refractivity contribution in [3.8, 4) is 5.75 Å². The van der Waals surface area contributed by atoms with Gasteiger partial charge in [-0.3, -0.25) is 9.59 Å². The number of nitrogens with zero attached hydrogens (tertiary/aromatic N) is 1. The number of hydrogen-bond acceptors (Lipinski definition) is 4. The Kier molecular flexibility index (Phi) is 5.66. The Morgan fingerprint density at radius 2 is 2.05 bits per heavy atom. The van der Waals surface area contributed by atoms with Gasteiger partial charge in [0, 0.05) is 13.5 Å². The first kappa shape index (κ1) is 14.8. The second-order valence-corrected chi connectivity index (χ2v) is 4.13. The van der Waals surface area contributed by atoms with Crippen molar-refractivity contribution in [2.75, 3.05) is 25.9 Å². The van der Waals surface area contributed by atoms with Gasteiger partial charge in [-0.1, -0.05) is 12.1 Å². The molecule has 0 bridgehead atoms. The number of benzene rings is 1. The summed E-state index contributed by atoms with van der Waals surface area (Å²) in [6.45, 7) is 0.0756. The number of carboxylic acid groups (broad SMARTS) is 1. The van der Waals surface area contributed by atoms with E-state index in [9.17, 15) is 9.59 Å². The summed E-state index contributed by atoms with van der Waals surface area (Å²) in [5.41, 5.74) is 6.25. The van der Waals surface area contributed by atoms with E-state index < -0.39 is 5.97 Å². The summed E-state index contributed by atoms with van der Waals surface area (Å²) in [5.74, 6) is -0.648. The minimum absolute atomic E-state index is 0.216. The quantitative estimate of drug-likeness (QED) is 0.566. The number of ether oxygens (including phenoxy) is 1. The number of nitrogens with two attached hydrogens (primary N) is 1. The monoisotopic (exact) mass is 266 g/mol. The molecule has 6 nitrogen and oxygen atoms in total. The molecule has 6 heteroatoms. The molecule has 0 saturated heterocycles. The van der Waals surface area contributed by atoms with Crippen LogP contribution in [0.5, 0.6) is 5.75 Å². The third kappa shape index (κ3) is 5.29. The number of likely N-dealkylation sites (N-methyl/N-ethyl adjacent to an activating group) is 1. The van der Waals surface area contributed by atoms with E-state index in [0.717, 1.165) is 0 Å². The lowest BCUT2D eigenvalue weighted by Gasteiger charge is -2.14. The Labute approximate surface area is 111 Å². The van der Waals surface area contributed by atoms with Gasteiger partial charge in [-0.25, -0.2) is 0 Å². The van der Waals surface area contributed by atoms with Crippen LogP contribution in [0.1, 0.15) is 12.8 Å². The highest BCUT2D eigenvalue weighted by atomic mass is 16.5. The normalized spacial score (nSPS) is 9.95. The smallest absolute Gasteiger partial charge is 0.323 e. The summed E-state index contributed by atoms with van der Waals surface area (Å²) in [5, 5.41) is 8.55. The van der Waals surface area contributed by atoms with Gasteiger partial charge in [0.1, 0.15) is 12.3 Å². The minimum Gasteiger partial charge on any atom is -0.491 e. The van der Waals surface area contributed by atoms with Crippen molar-refractivity contribution < 1.29 is 19.4 Å². The zero-order valence-corrected chi connectivity index (χ0v) is 10.8. The Balaban J connectivity index is 2.26. The molecule has 0 unspecified atom stereocenters. The number of amides is 1. The van der Waals surface area contributed by atoms with Crippen LogP contribution in [0.2, 0.25) is 0 Å². The van der Waals surface area contributed by atoms with Crippen LogP contribution in [-0.2, 0) is 9.59 Å². The number of para-hydroxylation sites is 2. The fourth-order valence-electron chi connectivity index (χ4n) is 1.50. The number of aliphatic carboxylic acids is 1. The SMILES string of the molecule is CN(CC(=O)O)C(=O)CCCOc1ccccc1N. The molecule has 0 aliphatic heterocycles. The van der Waals surface area contributed by atoms with Crippen LogP contribution in [0.3, 0.4) is 0 Å². The molecule has 19 heavy (non-hydrogen) atoms. The van der Waals surface area contributed by atoms with Crippen LogP contribution >= 0.6 is 0 Å². The summed E-state index contributed by atoms with van der Waals surface area (Å²) in [6, 6.07) is 7.12. The molecule has 1 rings (SSSR count). The van der Waals surface area contributed by atoms with E-state index in [0.29, 0.717) is 24.5 Å². The molecular formula is C13H18N2O4. The first-order chi connectivity index (χ1) is 9.00. The lowest BCUT2D eigenvalue weighted by Crippen LogP contribution is -2.31. The summed E-state index contributed by atoms with van der Waals surface area (Å²) >= 11 is 0. The van der Waals surface area contributed by atoms with Crippen molar-refractivity contribution in [1.29, 1.82) is 0 Å². The summed E-state index contributed by atoms with van der Waals surface area (Å²) in [4.78, 5) is 23.2. The number of carbonyl (C=O) groups is 2. The molecule has 0 saturated carbocycles.